The first kappa shape index (κ1) is 52.6. The van der Waals surface area contributed by atoms with Gasteiger partial charge in [-0.1, -0.05) is 212 Å². The maximum atomic E-state index is 2.68. The van der Waals surface area contributed by atoms with Gasteiger partial charge in [0, 0.05) is 102 Å². The van der Waals surface area contributed by atoms with E-state index in [1.165, 1.54) is 133 Å². The van der Waals surface area contributed by atoms with Crippen LogP contribution < -0.4 is 25.1 Å². The van der Waals surface area contributed by atoms with Crippen LogP contribution >= 0.6 is 0 Å². The number of rotatable bonds is 8. The maximum Gasteiger partial charge on any atom is 0.112 e. The minimum atomic E-state index is -2.43. The molecule has 0 bridgehead atoms. The normalized spacial score (nSPS) is 19.5. The number of hydrogen-bond acceptors (Lipinski definition) is 3. The third-order valence-corrected chi connectivity index (χ3v) is 25.2. The van der Waals surface area contributed by atoms with Gasteiger partial charge in [-0.05, 0) is 144 Å². The van der Waals surface area contributed by atoms with Crippen molar-refractivity contribution in [2.24, 2.45) is 0 Å². The predicted octanol–water partition coefficient (Wildman–Crippen LogP) is 20.2. The van der Waals surface area contributed by atoms with Gasteiger partial charge in [-0.15, -0.1) is 0 Å². The second-order valence-electron chi connectivity index (χ2n) is 26.7. The number of anilines is 6. The first-order chi connectivity index (χ1) is 45.9. The summed E-state index contributed by atoms with van der Waals surface area (Å²) in [5.74, 6) is 0.506. The summed E-state index contributed by atoms with van der Waals surface area (Å²) in [6, 6.07) is 101. The first-order valence-electron chi connectivity index (χ1n) is 33.0. The molecule has 0 radical (unpaired) electrons. The second kappa shape index (κ2) is 19.9. The Balaban J connectivity index is 0.727. The van der Waals surface area contributed by atoms with Gasteiger partial charge in [0.15, 0.2) is 0 Å². The van der Waals surface area contributed by atoms with Crippen molar-refractivity contribution in [3.05, 3.63) is 343 Å². The van der Waals surface area contributed by atoms with Crippen LogP contribution in [0.2, 0.25) is 13.1 Å². The first-order valence-corrected chi connectivity index (χ1v) is 36.0. The Hall–Kier alpha value is -11.1. The molecule has 0 fully saturated rings. The average Bonchev–Trinajstić information content (AvgIpc) is 1.55. The molecule has 3 aromatic heterocycles. The fourth-order valence-electron chi connectivity index (χ4n) is 17.6. The van der Waals surface area contributed by atoms with Gasteiger partial charge in [0.1, 0.15) is 8.07 Å². The lowest BCUT2D eigenvalue weighted by Crippen LogP contribution is -2.53. The van der Waals surface area contributed by atoms with E-state index in [1.807, 2.05) is 0 Å². The van der Waals surface area contributed by atoms with E-state index < -0.39 is 8.07 Å². The summed E-state index contributed by atoms with van der Waals surface area (Å²) in [5.41, 5.74) is 25.2. The molecule has 3 aliphatic carbocycles. The van der Waals surface area contributed by atoms with Crippen LogP contribution in [0.3, 0.4) is 0 Å². The summed E-state index contributed by atoms with van der Waals surface area (Å²) in [5, 5.41) is 7.99. The minimum Gasteiger partial charge on any atom is -0.333 e. The van der Waals surface area contributed by atoms with Crippen molar-refractivity contribution in [2.45, 2.75) is 49.0 Å². The van der Waals surface area contributed by atoms with Crippen molar-refractivity contribution in [3.8, 4) is 17.1 Å². The molecule has 6 aliphatic rings. The molecule has 6 nitrogen and oxygen atoms in total. The Kier molecular flexibility index (Phi) is 11.3. The fraction of sp³-hybridized carbons (Fsp3) is 0.0930. The van der Waals surface area contributed by atoms with Crippen LogP contribution in [0.4, 0.5) is 34.1 Å². The molecule has 6 atom stereocenters. The number of allylic oxidation sites excluding steroid dienone is 2. The third-order valence-electron chi connectivity index (χ3n) is 21.7. The zero-order valence-corrected chi connectivity index (χ0v) is 52.7. The summed E-state index contributed by atoms with van der Waals surface area (Å²) in [7, 11) is -2.43. The molecule has 7 heteroatoms. The molecule has 0 spiro atoms. The summed E-state index contributed by atoms with van der Waals surface area (Å²) < 4.78 is 7.50. The van der Waals surface area contributed by atoms with Crippen molar-refractivity contribution in [1.82, 2.24) is 13.7 Å². The molecule has 0 amide bonds. The molecule has 442 valence electrons. The van der Waals surface area contributed by atoms with E-state index in [-0.39, 0.29) is 30.0 Å². The molecule has 93 heavy (non-hydrogen) atoms. The quantitative estimate of drug-likeness (QED) is 0.142. The molecule has 11 aromatic carbocycles. The number of fused-ring (bicyclic) bond motifs is 20. The smallest absolute Gasteiger partial charge is 0.112 e. The molecule has 0 saturated heterocycles. The number of para-hydroxylation sites is 7. The van der Waals surface area contributed by atoms with Crippen LogP contribution in [0.5, 0.6) is 0 Å². The number of hydrogen-bond donors (Lipinski definition) is 0. The van der Waals surface area contributed by atoms with E-state index in [4.69, 9.17) is 0 Å². The van der Waals surface area contributed by atoms with Gasteiger partial charge in [-0.2, -0.15) is 0 Å². The Bertz CT molecular complexity index is 5500. The van der Waals surface area contributed by atoms with Crippen LogP contribution in [-0.2, 0) is 0 Å². The van der Waals surface area contributed by atoms with Gasteiger partial charge in [0.05, 0.1) is 51.6 Å². The molecule has 3 aliphatic heterocycles. The molecular weight excluding hydrogens is 1150 g/mol. The topological polar surface area (TPSA) is 24.5 Å². The Morgan fingerprint density at radius 3 is 1.26 bits per heavy atom. The molecule has 6 unspecified atom stereocenters. The van der Waals surface area contributed by atoms with Crippen molar-refractivity contribution < 1.29 is 0 Å². The van der Waals surface area contributed by atoms with E-state index in [0.717, 1.165) is 11.4 Å². The lowest BCUT2D eigenvalue weighted by atomic mass is 9.84. The largest absolute Gasteiger partial charge is 0.333 e. The van der Waals surface area contributed by atoms with Crippen LogP contribution in [0.25, 0.3) is 72.8 Å². The summed E-state index contributed by atoms with van der Waals surface area (Å²) >= 11 is 0. The standard InChI is InChI=1S/C86H64N6Si/c1-93(2,61-41-47-77-69(53-61)67-43-49-81-83(85(67)91(77)57-27-11-5-12-28-57)71-51-59(39-45-79(71)87(81)55-23-7-3-8-24-55)89-73-35-19-15-31-63(73)64-32-16-20-36-74(64)89)62-42-48-78-70(54-62)68-44-50-82-84(86(68)92(78)58-29-13-6-14-30-58)72-52-60(40-46-80(72)88(82)56-25-9-4-10-26-56)90-75-37-21-17-33-65(75)66-34-18-22-38-76(66)90/h3-54,63,67-68,73,85-86H,1-2H3. The fourth-order valence-corrected chi connectivity index (χ4v) is 19.9. The Labute approximate surface area is 542 Å². The maximum absolute atomic E-state index is 2.68. The average molecular weight is 1210 g/mol. The van der Waals surface area contributed by atoms with E-state index in [0.29, 0.717) is 5.92 Å². The number of benzene rings is 11. The van der Waals surface area contributed by atoms with Gasteiger partial charge >= 0.3 is 0 Å². The highest BCUT2D eigenvalue weighted by Gasteiger charge is 2.48. The van der Waals surface area contributed by atoms with E-state index >= 15 is 0 Å². The Morgan fingerprint density at radius 1 is 0.290 bits per heavy atom. The number of aromatic nitrogens is 3. The predicted molar refractivity (Wildman–Crippen MR) is 390 cm³/mol. The van der Waals surface area contributed by atoms with Crippen molar-refractivity contribution in [3.63, 3.8) is 0 Å². The zero-order chi connectivity index (χ0) is 61.2. The van der Waals surface area contributed by atoms with E-state index in [1.54, 1.807) is 0 Å². The summed E-state index contributed by atoms with van der Waals surface area (Å²) in [6.07, 6.45) is 19.2. The second-order valence-corrected chi connectivity index (χ2v) is 31.1. The lowest BCUT2D eigenvalue weighted by Gasteiger charge is -2.33. The number of nitrogens with zero attached hydrogens (tertiary/aromatic N) is 6. The van der Waals surface area contributed by atoms with Crippen molar-refractivity contribution in [1.29, 1.82) is 0 Å². The molecule has 14 aromatic rings. The molecular formula is C86H64N6Si. The minimum absolute atomic E-state index is 0.000384. The highest BCUT2D eigenvalue weighted by molar-refractivity contribution is 7.00. The highest BCUT2D eigenvalue weighted by Crippen LogP contribution is 2.60. The highest BCUT2D eigenvalue weighted by atomic mass is 28.3. The van der Waals surface area contributed by atoms with Crippen LogP contribution in [0.15, 0.2) is 303 Å². The summed E-state index contributed by atoms with van der Waals surface area (Å²) in [4.78, 5) is 7.94. The van der Waals surface area contributed by atoms with E-state index in [2.05, 4.69) is 357 Å². The molecule has 6 heterocycles. The van der Waals surface area contributed by atoms with Crippen LogP contribution in [0, 0.1) is 0 Å². The third kappa shape index (κ3) is 7.51. The Morgan fingerprint density at radius 2 is 0.720 bits per heavy atom. The molecule has 0 saturated carbocycles. The van der Waals surface area contributed by atoms with Gasteiger partial charge in [0.2, 0.25) is 0 Å². The van der Waals surface area contributed by atoms with Crippen molar-refractivity contribution in [2.75, 3.05) is 14.7 Å². The summed E-state index contributed by atoms with van der Waals surface area (Å²) in [6.45, 7) is 5.17. The van der Waals surface area contributed by atoms with Gasteiger partial charge in [-0.3, -0.25) is 0 Å². The zero-order valence-electron chi connectivity index (χ0n) is 51.7. The van der Waals surface area contributed by atoms with Gasteiger partial charge in [0.25, 0.3) is 0 Å². The van der Waals surface area contributed by atoms with Gasteiger partial charge in [-0.25, -0.2) is 0 Å². The van der Waals surface area contributed by atoms with Crippen molar-refractivity contribution >= 4 is 108 Å². The van der Waals surface area contributed by atoms with E-state index in [9.17, 15) is 0 Å². The lowest BCUT2D eigenvalue weighted by molar-refractivity contribution is 0.669. The SMILES string of the molecule is C[Si](C)(c1ccc2c(c1)C1C=Cc3c(c4cc(N5c6ccccc6C6C=CC=CC65)ccc4n3-c3ccccc3)C1N2c1ccccc1)c1ccc2c(c1)C1C=Cc3c(c4cc(-n5c6ccccc6c6ccccc65)ccc4n3-c3ccccc3)C1N2c1ccccc1. The molecule has 20 rings (SSSR count). The van der Waals surface area contributed by atoms with Crippen LogP contribution in [-0.4, -0.2) is 27.8 Å². The van der Waals surface area contributed by atoms with Gasteiger partial charge < -0.3 is 28.4 Å². The van der Waals surface area contributed by atoms with Crippen LogP contribution in [0.1, 0.15) is 69.0 Å². The molecule has 0 N–H and O–H groups in total. The monoisotopic (exact) mass is 1210 g/mol.